The molecule has 0 aliphatic carbocycles. The SMILES string of the molecule is O=C(OC[C@H]1O[C@H](OCCc2ccc(O)cc2)[C@H](O)[C@@H](O)[C@@H]1O)c1cc(O)c(O)c(O)c1. The Labute approximate surface area is 182 Å². The number of phenols is 4. The van der Waals surface area contributed by atoms with Crippen LogP contribution in [0.5, 0.6) is 23.0 Å². The van der Waals surface area contributed by atoms with E-state index >= 15 is 0 Å². The summed E-state index contributed by atoms with van der Waals surface area (Å²) >= 11 is 0. The number of ether oxygens (including phenoxy) is 3. The summed E-state index contributed by atoms with van der Waals surface area (Å²) in [7, 11) is 0. The summed E-state index contributed by atoms with van der Waals surface area (Å²) < 4.78 is 15.9. The van der Waals surface area contributed by atoms with Crippen LogP contribution in [0.15, 0.2) is 36.4 Å². The van der Waals surface area contributed by atoms with Crippen LogP contribution in [0.4, 0.5) is 0 Å². The third-order valence-electron chi connectivity index (χ3n) is 4.96. The molecule has 1 heterocycles. The van der Waals surface area contributed by atoms with Crippen LogP contribution in [-0.4, -0.2) is 85.6 Å². The Morgan fingerprint density at radius 3 is 2.16 bits per heavy atom. The van der Waals surface area contributed by atoms with Gasteiger partial charge in [-0.25, -0.2) is 4.79 Å². The van der Waals surface area contributed by atoms with E-state index < -0.39 is 60.5 Å². The second-order valence-electron chi connectivity index (χ2n) is 7.26. The maximum Gasteiger partial charge on any atom is 0.338 e. The van der Waals surface area contributed by atoms with Crippen LogP contribution in [0.3, 0.4) is 0 Å². The van der Waals surface area contributed by atoms with Gasteiger partial charge >= 0.3 is 5.97 Å². The Morgan fingerprint density at radius 2 is 1.53 bits per heavy atom. The molecule has 2 aromatic rings. The van der Waals surface area contributed by atoms with Crippen LogP contribution in [0.2, 0.25) is 0 Å². The van der Waals surface area contributed by atoms with Gasteiger partial charge in [-0.1, -0.05) is 12.1 Å². The average Bonchev–Trinajstić information content (AvgIpc) is 2.77. The zero-order valence-electron chi connectivity index (χ0n) is 16.7. The standard InChI is InChI=1S/C21H24O11/c22-12-3-1-10(2-4-12)5-6-30-21-19(28)18(27)17(26)15(32-21)9-31-20(29)11-7-13(23)16(25)14(24)8-11/h1-4,7-8,15,17-19,21-28H,5-6,9H2/t15-,17-,18+,19-,21+/m1/s1. The summed E-state index contributed by atoms with van der Waals surface area (Å²) in [6.45, 7) is -0.447. The van der Waals surface area contributed by atoms with Gasteiger partial charge < -0.3 is 50.0 Å². The lowest BCUT2D eigenvalue weighted by atomic mass is 9.99. The second kappa shape index (κ2) is 10.0. The highest BCUT2D eigenvalue weighted by atomic mass is 16.7. The molecule has 11 nitrogen and oxygen atoms in total. The highest BCUT2D eigenvalue weighted by Crippen LogP contribution is 2.35. The molecule has 174 valence electrons. The minimum atomic E-state index is -1.63. The van der Waals surface area contributed by atoms with Gasteiger partial charge in [0.1, 0.15) is 36.8 Å². The molecular formula is C21H24O11. The largest absolute Gasteiger partial charge is 0.508 e. The van der Waals surface area contributed by atoms with Crippen molar-refractivity contribution in [3.63, 3.8) is 0 Å². The molecule has 1 saturated heterocycles. The third kappa shape index (κ3) is 5.39. The summed E-state index contributed by atoms with van der Waals surface area (Å²) in [4.78, 5) is 12.2. The van der Waals surface area contributed by atoms with Crippen molar-refractivity contribution in [2.24, 2.45) is 0 Å². The number of aromatic hydroxyl groups is 4. The van der Waals surface area contributed by atoms with Crippen molar-refractivity contribution in [3.8, 4) is 23.0 Å². The van der Waals surface area contributed by atoms with Crippen LogP contribution in [-0.2, 0) is 20.6 Å². The van der Waals surface area contributed by atoms with Gasteiger partial charge in [-0.3, -0.25) is 0 Å². The van der Waals surface area contributed by atoms with Crippen molar-refractivity contribution in [2.45, 2.75) is 37.1 Å². The molecule has 1 fully saturated rings. The number of aliphatic hydroxyl groups is 3. The predicted octanol–water partition coefficient (Wildman–Crippen LogP) is -0.267. The van der Waals surface area contributed by atoms with E-state index in [-0.39, 0.29) is 17.9 Å². The van der Waals surface area contributed by atoms with Gasteiger partial charge in [-0.15, -0.1) is 0 Å². The van der Waals surface area contributed by atoms with Crippen LogP contribution in [0.1, 0.15) is 15.9 Å². The molecule has 0 spiro atoms. The van der Waals surface area contributed by atoms with Gasteiger partial charge in [0.25, 0.3) is 0 Å². The number of phenolic OH excluding ortho intramolecular Hbond substituents is 4. The maximum absolute atomic E-state index is 12.2. The maximum atomic E-state index is 12.2. The fraction of sp³-hybridized carbons (Fsp3) is 0.381. The Hall–Kier alpha value is -3.09. The Balaban J connectivity index is 1.57. The fourth-order valence-electron chi connectivity index (χ4n) is 3.11. The molecule has 32 heavy (non-hydrogen) atoms. The predicted molar refractivity (Wildman–Crippen MR) is 106 cm³/mol. The molecule has 1 aliphatic rings. The molecule has 0 radical (unpaired) electrons. The van der Waals surface area contributed by atoms with Gasteiger partial charge in [0, 0.05) is 0 Å². The number of carbonyl (C=O) groups is 1. The highest BCUT2D eigenvalue weighted by molar-refractivity contribution is 5.91. The number of hydrogen-bond donors (Lipinski definition) is 7. The smallest absolute Gasteiger partial charge is 0.338 e. The number of rotatable bonds is 7. The van der Waals surface area contributed by atoms with Crippen molar-refractivity contribution < 1.29 is 54.8 Å². The number of esters is 1. The molecule has 1 aliphatic heterocycles. The normalized spacial score (nSPS) is 25.4. The molecule has 3 rings (SSSR count). The molecule has 0 aromatic heterocycles. The van der Waals surface area contributed by atoms with Gasteiger partial charge in [0.2, 0.25) is 0 Å². The molecule has 11 heteroatoms. The third-order valence-corrected chi connectivity index (χ3v) is 4.96. The molecule has 0 unspecified atom stereocenters. The van der Waals surface area contributed by atoms with Crippen LogP contribution < -0.4 is 0 Å². The van der Waals surface area contributed by atoms with Crippen LogP contribution in [0, 0.1) is 0 Å². The van der Waals surface area contributed by atoms with Gasteiger partial charge in [0.05, 0.1) is 12.2 Å². The van der Waals surface area contributed by atoms with Crippen LogP contribution >= 0.6 is 0 Å². The minimum absolute atomic E-state index is 0.0912. The lowest BCUT2D eigenvalue weighted by Gasteiger charge is -2.39. The first kappa shape index (κ1) is 23.6. The van der Waals surface area contributed by atoms with E-state index in [2.05, 4.69) is 0 Å². The molecule has 2 aromatic carbocycles. The van der Waals surface area contributed by atoms with Gasteiger partial charge in [-0.05, 0) is 36.2 Å². The summed E-state index contributed by atoms with van der Waals surface area (Å²) in [5.41, 5.74) is 0.574. The monoisotopic (exact) mass is 452 g/mol. The molecule has 5 atom stereocenters. The summed E-state index contributed by atoms with van der Waals surface area (Å²) in [6, 6.07) is 8.17. The van der Waals surface area contributed by atoms with Crippen molar-refractivity contribution in [1.29, 1.82) is 0 Å². The van der Waals surface area contributed by atoms with E-state index in [0.717, 1.165) is 17.7 Å². The lowest BCUT2D eigenvalue weighted by Crippen LogP contribution is -2.59. The van der Waals surface area contributed by atoms with Crippen molar-refractivity contribution in [1.82, 2.24) is 0 Å². The first-order valence-corrected chi connectivity index (χ1v) is 9.68. The van der Waals surface area contributed by atoms with Gasteiger partial charge in [0.15, 0.2) is 23.5 Å². The fourth-order valence-corrected chi connectivity index (χ4v) is 3.11. The van der Waals surface area contributed by atoms with Gasteiger partial charge in [-0.2, -0.15) is 0 Å². The van der Waals surface area contributed by atoms with E-state index in [4.69, 9.17) is 14.2 Å². The molecule has 0 amide bonds. The topological polar surface area (TPSA) is 186 Å². The van der Waals surface area contributed by atoms with E-state index in [1.165, 1.54) is 12.1 Å². The number of carbonyl (C=O) groups excluding carboxylic acids is 1. The Morgan fingerprint density at radius 1 is 0.906 bits per heavy atom. The lowest BCUT2D eigenvalue weighted by molar-refractivity contribution is -0.300. The number of benzene rings is 2. The van der Waals surface area contributed by atoms with Crippen molar-refractivity contribution in [2.75, 3.05) is 13.2 Å². The van der Waals surface area contributed by atoms with Crippen molar-refractivity contribution in [3.05, 3.63) is 47.5 Å². The molecule has 0 bridgehead atoms. The first-order valence-electron chi connectivity index (χ1n) is 9.68. The molecule has 7 N–H and O–H groups in total. The zero-order chi connectivity index (χ0) is 23.4. The summed E-state index contributed by atoms with van der Waals surface area (Å²) in [5.74, 6) is -3.14. The quantitative estimate of drug-likeness (QED) is 0.217. The summed E-state index contributed by atoms with van der Waals surface area (Å²) in [6.07, 6.45) is -6.91. The minimum Gasteiger partial charge on any atom is -0.508 e. The Kier molecular flexibility index (Phi) is 7.38. The van der Waals surface area contributed by atoms with E-state index in [1.54, 1.807) is 12.1 Å². The average molecular weight is 452 g/mol. The number of aliphatic hydroxyl groups excluding tert-OH is 3. The molecule has 0 saturated carbocycles. The van der Waals surface area contributed by atoms with Crippen molar-refractivity contribution >= 4 is 5.97 Å². The summed E-state index contributed by atoms with van der Waals surface area (Å²) in [5, 5.41) is 68.0. The van der Waals surface area contributed by atoms with E-state index in [1.807, 2.05) is 0 Å². The van der Waals surface area contributed by atoms with E-state index in [9.17, 15) is 40.5 Å². The second-order valence-corrected chi connectivity index (χ2v) is 7.26. The Bertz CT molecular complexity index is 907. The highest BCUT2D eigenvalue weighted by Gasteiger charge is 2.44. The zero-order valence-corrected chi connectivity index (χ0v) is 16.7. The first-order chi connectivity index (χ1) is 15.2. The van der Waals surface area contributed by atoms with E-state index in [0.29, 0.717) is 6.42 Å². The van der Waals surface area contributed by atoms with Crippen LogP contribution in [0.25, 0.3) is 0 Å². The number of hydrogen-bond acceptors (Lipinski definition) is 11. The molecular weight excluding hydrogens is 428 g/mol.